The molecule has 0 amide bonds. The fourth-order valence-corrected chi connectivity index (χ4v) is 5.69. The van der Waals surface area contributed by atoms with Crippen molar-refractivity contribution in [1.29, 1.82) is 0 Å². The summed E-state index contributed by atoms with van der Waals surface area (Å²) >= 11 is 0. The molecule has 2 aliphatic heterocycles. The van der Waals surface area contributed by atoms with Gasteiger partial charge in [0.15, 0.2) is 0 Å². The van der Waals surface area contributed by atoms with Gasteiger partial charge in [-0.2, -0.15) is 0 Å². The van der Waals surface area contributed by atoms with Crippen molar-refractivity contribution in [2.45, 2.75) is 31.7 Å². The summed E-state index contributed by atoms with van der Waals surface area (Å²) in [5, 5.41) is 9.74. The molecule has 3 heterocycles. The highest BCUT2D eigenvalue weighted by Crippen LogP contribution is 2.33. The van der Waals surface area contributed by atoms with Gasteiger partial charge in [0.25, 0.3) is 0 Å². The van der Waals surface area contributed by atoms with Gasteiger partial charge < -0.3 is 14.7 Å². The first kappa shape index (κ1) is 23.5. The Hall–Kier alpha value is -3.90. The zero-order chi connectivity index (χ0) is 25.2. The monoisotopic (exact) mass is 493 g/mol. The molecule has 0 bridgehead atoms. The topological polar surface area (TPSA) is 65.9 Å². The molecule has 0 saturated carbocycles. The second kappa shape index (κ2) is 10.2. The van der Waals surface area contributed by atoms with Gasteiger partial charge >= 0.3 is 5.97 Å². The quantitative estimate of drug-likeness (QED) is 0.442. The molecular formula is C31H31N3O3. The Morgan fingerprint density at radius 3 is 2.81 bits per heavy atom. The van der Waals surface area contributed by atoms with Crippen molar-refractivity contribution in [1.82, 2.24) is 9.88 Å². The van der Waals surface area contributed by atoms with Crippen molar-refractivity contribution in [2.75, 3.05) is 31.1 Å². The molecule has 37 heavy (non-hydrogen) atoms. The highest BCUT2D eigenvalue weighted by atomic mass is 16.5. The summed E-state index contributed by atoms with van der Waals surface area (Å²) in [6.45, 7) is 4.07. The average Bonchev–Trinajstić information content (AvgIpc) is 3.59. The Morgan fingerprint density at radius 1 is 1.11 bits per heavy atom. The lowest BCUT2D eigenvalue weighted by molar-refractivity contribution is 0.0694. The number of fused-ring (bicyclic) bond motifs is 1. The zero-order valence-electron chi connectivity index (χ0n) is 20.8. The van der Waals surface area contributed by atoms with Gasteiger partial charge in [0, 0.05) is 44.3 Å². The molecular weight excluding hydrogens is 462 g/mol. The summed E-state index contributed by atoms with van der Waals surface area (Å²) in [4.78, 5) is 21.4. The van der Waals surface area contributed by atoms with Crippen molar-refractivity contribution in [3.8, 4) is 11.5 Å². The van der Waals surface area contributed by atoms with Crippen LogP contribution < -0.4 is 9.64 Å². The molecule has 1 atom stereocenters. The molecule has 2 aromatic carbocycles. The molecule has 1 aliphatic carbocycles. The molecule has 6 heteroatoms. The molecule has 0 spiro atoms. The number of anilines is 1. The third kappa shape index (κ3) is 5.02. The number of hydrogen-bond acceptors (Lipinski definition) is 5. The smallest absolute Gasteiger partial charge is 0.339 e. The van der Waals surface area contributed by atoms with Crippen molar-refractivity contribution in [3.63, 3.8) is 0 Å². The first-order valence-corrected chi connectivity index (χ1v) is 13.1. The molecule has 1 aromatic heterocycles. The fraction of sp³-hybridized carbons (Fsp3) is 0.290. The van der Waals surface area contributed by atoms with Crippen LogP contribution in [0.5, 0.6) is 11.5 Å². The van der Waals surface area contributed by atoms with Crippen LogP contribution in [0.25, 0.3) is 11.6 Å². The number of para-hydroxylation sites is 1. The number of carboxylic acids is 1. The van der Waals surface area contributed by atoms with Crippen molar-refractivity contribution in [3.05, 3.63) is 95.3 Å². The van der Waals surface area contributed by atoms with Crippen molar-refractivity contribution >= 4 is 23.3 Å². The van der Waals surface area contributed by atoms with Gasteiger partial charge in [-0.15, -0.1) is 0 Å². The largest absolute Gasteiger partial charge is 0.478 e. The standard InChI is InChI=1S/C31H31N3O3/c35-31(36)28-12-11-23(19-30(28)37-27-18-24-6-4-10-29(24)32-20-27)22-13-16-33(17-14-22)21-26-9-5-15-34(26)25-7-2-1-3-8-25/h1-4,6-8,11-13,18-20,26H,5,9-10,14-17,21H2,(H,35,36). The molecule has 3 aliphatic rings. The van der Waals surface area contributed by atoms with E-state index in [0.717, 1.165) is 55.8 Å². The Bertz CT molecular complexity index is 1370. The minimum absolute atomic E-state index is 0.153. The van der Waals surface area contributed by atoms with Crippen LogP contribution in [0.4, 0.5) is 5.69 Å². The summed E-state index contributed by atoms with van der Waals surface area (Å²) in [5.74, 6) is -0.103. The van der Waals surface area contributed by atoms with E-state index in [1.807, 2.05) is 24.3 Å². The molecule has 6 nitrogen and oxygen atoms in total. The number of aromatic carboxylic acids is 1. The maximum absolute atomic E-state index is 11.9. The average molecular weight is 494 g/mol. The van der Waals surface area contributed by atoms with E-state index in [-0.39, 0.29) is 5.56 Å². The third-order valence-electron chi connectivity index (χ3n) is 7.63. The number of benzene rings is 2. The summed E-state index contributed by atoms with van der Waals surface area (Å²) in [5.41, 5.74) is 5.76. The maximum atomic E-state index is 11.9. The van der Waals surface area contributed by atoms with Crippen LogP contribution in [-0.4, -0.2) is 53.2 Å². The molecule has 188 valence electrons. The summed E-state index contributed by atoms with van der Waals surface area (Å²) in [6, 6.07) is 18.6. The van der Waals surface area contributed by atoms with E-state index >= 15 is 0 Å². The predicted molar refractivity (Wildman–Crippen MR) is 146 cm³/mol. The Kier molecular flexibility index (Phi) is 6.49. The van der Waals surface area contributed by atoms with Crippen LogP contribution in [0.3, 0.4) is 0 Å². The number of hydrogen-bond donors (Lipinski definition) is 1. The van der Waals surface area contributed by atoms with Crippen LogP contribution >= 0.6 is 0 Å². The SMILES string of the molecule is O=C(O)c1ccc(C2=CCN(CC3CCCN3c3ccccc3)CC2)cc1Oc1cnc2c(c1)C=CC2. The van der Waals surface area contributed by atoms with E-state index in [2.05, 4.69) is 57.3 Å². The lowest BCUT2D eigenvalue weighted by Gasteiger charge is -2.33. The van der Waals surface area contributed by atoms with Crippen molar-refractivity contribution in [2.24, 2.45) is 0 Å². The molecule has 1 fully saturated rings. The molecule has 3 aromatic rings. The van der Waals surface area contributed by atoms with Gasteiger partial charge in [0.1, 0.15) is 17.1 Å². The number of aromatic nitrogens is 1. The van der Waals surface area contributed by atoms with Gasteiger partial charge in [-0.3, -0.25) is 9.88 Å². The van der Waals surface area contributed by atoms with E-state index in [4.69, 9.17) is 4.74 Å². The van der Waals surface area contributed by atoms with E-state index in [1.165, 1.54) is 24.1 Å². The van der Waals surface area contributed by atoms with Crippen LogP contribution in [0, 0.1) is 0 Å². The van der Waals surface area contributed by atoms with Gasteiger partial charge in [-0.25, -0.2) is 4.79 Å². The van der Waals surface area contributed by atoms with E-state index in [1.54, 1.807) is 12.3 Å². The van der Waals surface area contributed by atoms with E-state index in [9.17, 15) is 9.90 Å². The third-order valence-corrected chi connectivity index (χ3v) is 7.63. The first-order valence-electron chi connectivity index (χ1n) is 13.1. The first-order chi connectivity index (χ1) is 18.1. The van der Waals surface area contributed by atoms with Crippen LogP contribution in [-0.2, 0) is 6.42 Å². The lowest BCUT2D eigenvalue weighted by atomic mass is 9.97. The summed E-state index contributed by atoms with van der Waals surface area (Å²) < 4.78 is 6.07. The zero-order valence-corrected chi connectivity index (χ0v) is 20.8. The number of pyridine rings is 1. The van der Waals surface area contributed by atoms with E-state index in [0.29, 0.717) is 17.5 Å². The lowest BCUT2D eigenvalue weighted by Crippen LogP contribution is -2.42. The highest BCUT2D eigenvalue weighted by molar-refractivity contribution is 5.92. The minimum Gasteiger partial charge on any atom is -0.478 e. The van der Waals surface area contributed by atoms with Crippen molar-refractivity contribution < 1.29 is 14.6 Å². The van der Waals surface area contributed by atoms with E-state index < -0.39 is 5.97 Å². The normalized spacial score (nSPS) is 19.1. The summed E-state index contributed by atoms with van der Waals surface area (Å²) in [7, 11) is 0. The van der Waals surface area contributed by atoms with Crippen LogP contribution in [0.2, 0.25) is 0 Å². The molecule has 1 saturated heterocycles. The molecule has 1 unspecified atom stereocenters. The highest BCUT2D eigenvalue weighted by Gasteiger charge is 2.27. The van der Waals surface area contributed by atoms with Crippen LogP contribution in [0.15, 0.2) is 72.9 Å². The summed E-state index contributed by atoms with van der Waals surface area (Å²) in [6.07, 6.45) is 12.3. The number of carboxylic acid groups (broad SMARTS) is 1. The Labute approximate surface area is 217 Å². The second-order valence-electron chi connectivity index (χ2n) is 10.00. The number of rotatable bonds is 7. The molecule has 0 radical (unpaired) electrons. The Morgan fingerprint density at radius 2 is 2.00 bits per heavy atom. The maximum Gasteiger partial charge on any atom is 0.339 e. The fourth-order valence-electron chi connectivity index (χ4n) is 5.69. The number of carbonyl (C=O) groups is 1. The predicted octanol–water partition coefficient (Wildman–Crippen LogP) is 5.90. The number of allylic oxidation sites excluding steroid dienone is 1. The molecule has 6 rings (SSSR count). The number of ether oxygens (including phenoxy) is 1. The van der Waals surface area contributed by atoms with Gasteiger partial charge in [0.2, 0.25) is 0 Å². The van der Waals surface area contributed by atoms with Crippen LogP contribution in [0.1, 0.15) is 46.4 Å². The van der Waals surface area contributed by atoms with Gasteiger partial charge in [-0.05, 0) is 66.3 Å². The minimum atomic E-state index is -1.00. The Balaban J connectivity index is 1.16. The second-order valence-corrected chi connectivity index (χ2v) is 10.00. The van der Waals surface area contributed by atoms with Gasteiger partial charge in [-0.1, -0.05) is 42.5 Å². The molecule has 1 N–H and O–H groups in total. The number of nitrogens with zero attached hydrogens (tertiary/aromatic N) is 3. The van der Waals surface area contributed by atoms with Gasteiger partial charge in [0.05, 0.1) is 11.9 Å².